The number of methoxy groups -OCH3 is 2. The van der Waals surface area contributed by atoms with Gasteiger partial charge in [-0.05, 0) is 26.0 Å². The van der Waals surface area contributed by atoms with Crippen molar-refractivity contribution >= 4 is 5.69 Å². The maximum Gasteiger partial charge on any atom is 0.146 e. The molecule has 1 heterocycles. The molecule has 1 N–H and O–H groups in total. The minimum Gasteiger partial charge on any atom is -0.497 e. The Kier molecular flexibility index (Phi) is 4.62. The molecule has 0 fully saturated rings. The van der Waals surface area contributed by atoms with Gasteiger partial charge in [-0.25, -0.2) is 4.39 Å². The Labute approximate surface area is 123 Å². The molecule has 1 aromatic carbocycles. The molecule has 0 amide bonds. The van der Waals surface area contributed by atoms with Crippen molar-refractivity contribution in [3.8, 4) is 11.5 Å². The molecule has 0 radical (unpaired) electrons. The number of halogens is 1. The standard InChI is InChI=1S/C16H19FN2O2/c1-10-8-18-15(11(2)16(10)21-4)9-19-14-7-12(20-3)5-6-13(14)17/h5-8,19H,9H2,1-4H3. The Bertz CT molecular complexity index is 644. The molecule has 0 atom stereocenters. The van der Waals surface area contributed by atoms with E-state index in [1.54, 1.807) is 32.5 Å². The molecule has 5 heteroatoms. The molecule has 0 spiro atoms. The van der Waals surface area contributed by atoms with Crippen molar-refractivity contribution in [1.29, 1.82) is 0 Å². The van der Waals surface area contributed by atoms with Gasteiger partial charge in [0.05, 0.1) is 32.1 Å². The highest BCUT2D eigenvalue weighted by Crippen LogP contribution is 2.26. The number of anilines is 1. The van der Waals surface area contributed by atoms with Crippen LogP contribution in [0.1, 0.15) is 16.8 Å². The first kappa shape index (κ1) is 15.1. The Morgan fingerprint density at radius 2 is 1.95 bits per heavy atom. The monoisotopic (exact) mass is 290 g/mol. The van der Waals surface area contributed by atoms with Crippen LogP contribution in [-0.2, 0) is 6.54 Å². The summed E-state index contributed by atoms with van der Waals surface area (Å²) in [6, 6.07) is 4.58. The van der Waals surface area contributed by atoms with Gasteiger partial charge in [0, 0.05) is 23.4 Å². The second kappa shape index (κ2) is 6.43. The van der Waals surface area contributed by atoms with Gasteiger partial charge in [-0.3, -0.25) is 4.98 Å². The fraction of sp³-hybridized carbons (Fsp3) is 0.312. The second-order valence-corrected chi connectivity index (χ2v) is 4.75. The molecule has 0 aliphatic carbocycles. The number of nitrogens with zero attached hydrogens (tertiary/aromatic N) is 1. The molecule has 0 unspecified atom stereocenters. The molecular formula is C16H19FN2O2. The number of aromatic nitrogens is 1. The maximum absolute atomic E-state index is 13.8. The van der Waals surface area contributed by atoms with Crippen molar-refractivity contribution in [2.24, 2.45) is 0 Å². The highest BCUT2D eigenvalue weighted by molar-refractivity contribution is 5.50. The first-order valence-electron chi connectivity index (χ1n) is 6.63. The number of nitrogens with one attached hydrogen (secondary N) is 1. The number of aryl methyl sites for hydroxylation is 1. The Morgan fingerprint density at radius 1 is 1.19 bits per heavy atom. The number of rotatable bonds is 5. The Hall–Kier alpha value is -2.30. The lowest BCUT2D eigenvalue weighted by Gasteiger charge is -2.14. The van der Waals surface area contributed by atoms with Crippen LogP contribution >= 0.6 is 0 Å². The van der Waals surface area contributed by atoms with Crippen LogP contribution in [0.2, 0.25) is 0 Å². The number of hydrogen-bond acceptors (Lipinski definition) is 4. The second-order valence-electron chi connectivity index (χ2n) is 4.75. The van der Waals surface area contributed by atoms with Crippen LogP contribution in [0.3, 0.4) is 0 Å². The van der Waals surface area contributed by atoms with Gasteiger partial charge in [0.1, 0.15) is 17.3 Å². The summed E-state index contributed by atoms with van der Waals surface area (Å²) in [5.74, 6) is 1.09. The van der Waals surface area contributed by atoms with E-state index in [0.717, 1.165) is 22.6 Å². The minimum atomic E-state index is -0.326. The quantitative estimate of drug-likeness (QED) is 0.915. The molecule has 0 bridgehead atoms. The van der Waals surface area contributed by atoms with Crippen LogP contribution < -0.4 is 14.8 Å². The molecule has 0 aliphatic rings. The lowest BCUT2D eigenvalue weighted by molar-refractivity contribution is 0.407. The molecular weight excluding hydrogens is 271 g/mol. The van der Waals surface area contributed by atoms with Crippen LogP contribution in [-0.4, -0.2) is 19.2 Å². The molecule has 2 aromatic rings. The van der Waals surface area contributed by atoms with E-state index in [4.69, 9.17) is 9.47 Å². The molecule has 0 saturated heterocycles. The minimum absolute atomic E-state index is 0.326. The average molecular weight is 290 g/mol. The molecule has 0 aliphatic heterocycles. The summed E-state index contributed by atoms with van der Waals surface area (Å²) in [5.41, 5.74) is 3.13. The lowest BCUT2D eigenvalue weighted by Crippen LogP contribution is -2.07. The third-order valence-corrected chi connectivity index (χ3v) is 3.37. The largest absolute Gasteiger partial charge is 0.497 e. The van der Waals surface area contributed by atoms with E-state index < -0.39 is 0 Å². The first-order valence-corrected chi connectivity index (χ1v) is 6.63. The van der Waals surface area contributed by atoms with Gasteiger partial charge < -0.3 is 14.8 Å². The van der Waals surface area contributed by atoms with Gasteiger partial charge in [-0.2, -0.15) is 0 Å². The van der Waals surface area contributed by atoms with E-state index >= 15 is 0 Å². The first-order chi connectivity index (χ1) is 10.1. The Balaban J connectivity index is 2.21. The summed E-state index contributed by atoms with van der Waals surface area (Å²) in [4.78, 5) is 4.38. The van der Waals surface area contributed by atoms with Gasteiger partial charge in [-0.15, -0.1) is 0 Å². The number of ether oxygens (including phenoxy) is 2. The van der Waals surface area contributed by atoms with Gasteiger partial charge in [0.25, 0.3) is 0 Å². The van der Waals surface area contributed by atoms with Crippen molar-refractivity contribution in [2.75, 3.05) is 19.5 Å². The third-order valence-electron chi connectivity index (χ3n) is 3.37. The zero-order valence-corrected chi connectivity index (χ0v) is 12.7. The number of pyridine rings is 1. The van der Waals surface area contributed by atoms with Crippen molar-refractivity contribution < 1.29 is 13.9 Å². The van der Waals surface area contributed by atoms with Crippen molar-refractivity contribution in [1.82, 2.24) is 4.98 Å². The molecule has 2 rings (SSSR count). The number of hydrogen-bond donors (Lipinski definition) is 1. The highest BCUT2D eigenvalue weighted by atomic mass is 19.1. The van der Waals surface area contributed by atoms with E-state index in [1.807, 2.05) is 13.8 Å². The molecule has 21 heavy (non-hydrogen) atoms. The smallest absolute Gasteiger partial charge is 0.146 e. The van der Waals surface area contributed by atoms with Gasteiger partial charge in [-0.1, -0.05) is 0 Å². The lowest BCUT2D eigenvalue weighted by atomic mass is 10.1. The topological polar surface area (TPSA) is 43.4 Å². The van der Waals surface area contributed by atoms with Crippen LogP contribution in [0.5, 0.6) is 11.5 Å². The van der Waals surface area contributed by atoms with E-state index in [0.29, 0.717) is 18.0 Å². The van der Waals surface area contributed by atoms with Crippen LogP contribution in [0.15, 0.2) is 24.4 Å². The summed E-state index contributed by atoms with van der Waals surface area (Å²) in [6.45, 7) is 4.29. The molecule has 112 valence electrons. The molecule has 1 aromatic heterocycles. The summed E-state index contributed by atoms with van der Waals surface area (Å²) < 4.78 is 24.2. The van der Waals surface area contributed by atoms with Gasteiger partial charge in [0.2, 0.25) is 0 Å². The fourth-order valence-corrected chi connectivity index (χ4v) is 2.20. The summed E-state index contributed by atoms with van der Waals surface area (Å²) in [7, 11) is 3.18. The fourth-order valence-electron chi connectivity index (χ4n) is 2.20. The number of benzene rings is 1. The highest BCUT2D eigenvalue weighted by Gasteiger charge is 2.10. The molecule has 0 saturated carbocycles. The van der Waals surface area contributed by atoms with E-state index in [-0.39, 0.29) is 5.82 Å². The zero-order chi connectivity index (χ0) is 15.4. The summed E-state index contributed by atoms with van der Waals surface area (Å²) >= 11 is 0. The predicted molar refractivity (Wildman–Crippen MR) is 80.5 cm³/mol. The van der Waals surface area contributed by atoms with Crippen LogP contribution in [0, 0.1) is 19.7 Å². The Morgan fingerprint density at radius 3 is 2.62 bits per heavy atom. The van der Waals surface area contributed by atoms with Gasteiger partial charge >= 0.3 is 0 Å². The van der Waals surface area contributed by atoms with Gasteiger partial charge in [0.15, 0.2) is 0 Å². The zero-order valence-electron chi connectivity index (χ0n) is 12.7. The van der Waals surface area contributed by atoms with Crippen LogP contribution in [0.25, 0.3) is 0 Å². The average Bonchev–Trinajstić information content (AvgIpc) is 2.48. The SMILES string of the molecule is COc1ccc(F)c(NCc2ncc(C)c(OC)c2C)c1. The predicted octanol–water partition coefficient (Wildman–Crippen LogP) is 3.47. The van der Waals surface area contributed by atoms with E-state index in [1.165, 1.54) is 6.07 Å². The van der Waals surface area contributed by atoms with Crippen molar-refractivity contribution in [3.05, 3.63) is 47.0 Å². The normalized spacial score (nSPS) is 10.3. The van der Waals surface area contributed by atoms with E-state index in [2.05, 4.69) is 10.3 Å². The van der Waals surface area contributed by atoms with Crippen molar-refractivity contribution in [3.63, 3.8) is 0 Å². The summed E-state index contributed by atoms with van der Waals surface area (Å²) in [6.07, 6.45) is 1.75. The summed E-state index contributed by atoms with van der Waals surface area (Å²) in [5, 5.41) is 3.04. The molecule has 4 nitrogen and oxygen atoms in total. The maximum atomic E-state index is 13.8. The van der Waals surface area contributed by atoms with Crippen LogP contribution in [0.4, 0.5) is 10.1 Å². The third kappa shape index (κ3) is 3.24. The van der Waals surface area contributed by atoms with Crippen molar-refractivity contribution in [2.45, 2.75) is 20.4 Å². The van der Waals surface area contributed by atoms with E-state index in [9.17, 15) is 4.39 Å².